The molecule has 0 unspecified atom stereocenters. The fourth-order valence-corrected chi connectivity index (χ4v) is 3.38. The topological polar surface area (TPSA) is 48.5 Å². The normalized spacial score (nSPS) is 16.4. The van der Waals surface area contributed by atoms with E-state index in [0.717, 1.165) is 43.9 Å². The van der Waals surface area contributed by atoms with Gasteiger partial charge >= 0.3 is 0 Å². The molecule has 0 radical (unpaired) electrons. The third-order valence-corrected chi connectivity index (χ3v) is 4.72. The number of anilines is 1. The molecule has 1 aromatic carbocycles. The molecule has 132 valence electrons. The van der Waals surface area contributed by atoms with E-state index in [0.29, 0.717) is 0 Å². The lowest BCUT2D eigenvalue weighted by Crippen LogP contribution is -2.41. The van der Waals surface area contributed by atoms with E-state index in [2.05, 4.69) is 21.3 Å². The lowest BCUT2D eigenvalue weighted by molar-refractivity contribution is -0.133. The van der Waals surface area contributed by atoms with Gasteiger partial charge in [0.1, 0.15) is 6.04 Å². The number of benzene rings is 1. The second kappa shape index (κ2) is 8.12. The molecule has 0 spiro atoms. The molecule has 25 heavy (non-hydrogen) atoms. The predicted molar refractivity (Wildman–Crippen MR) is 101 cm³/mol. The third kappa shape index (κ3) is 4.17. The van der Waals surface area contributed by atoms with Crippen molar-refractivity contribution in [3.05, 3.63) is 59.9 Å². The standard InChI is InChI=1S/C20H26N4O/c1-16-15-18(9-10-22-16)23-11-6-12-24(14-13-23)20(25)19(21-2)17-7-4-3-5-8-17/h3-5,7-10,15,19,21H,6,11-14H2,1-2H3/t19-/m0/s1. The van der Waals surface area contributed by atoms with E-state index in [9.17, 15) is 4.79 Å². The summed E-state index contributed by atoms with van der Waals surface area (Å²) in [6.07, 6.45) is 2.82. The third-order valence-electron chi connectivity index (χ3n) is 4.72. The maximum absolute atomic E-state index is 13.0. The Kier molecular flexibility index (Phi) is 5.66. The molecule has 1 aromatic heterocycles. The molecule has 5 nitrogen and oxygen atoms in total. The Hall–Kier alpha value is -2.40. The van der Waals surface area contributed by atoms with Crippen molar-refractivity contribution in [3.63, 3.8) is 0 Å². The molecule has 1 fully saturated rings. The van der Waals surface area contributed by atoms with Crippen LogP contribution >= 0.6 is 0 Å². The van der Waals surface area contributed by atoms with E-state index in [1.54, 1.807) is 0 Å². The van der Waals surface area contributed by atoms with Crippen molar-refractivity contribution >= 4 is 11.6 Å². The Bertz CT molecular complexity index is 704. The molecule has 0 aliphatic carbocycles. The number of amides is 1. The molecule has 1 N–H and O–H groups in total. The monoisotopic (exact) mass is 338 g/mol. The molecule has 1 aliphatic heterocycles. The lowest BCUT2D eigenvalue weighted by atomic mass is 10.1. The largest absolute Gasteiger partial charge is 0.370 e. The van der Waals surface area contributed by atoms with Gasteiger partial charge in [0.2, 0.25) is 5.91 Å². The highest BCUT2D eigenvalue weighted by molar-refractivity contribution is 5.83. The summed E-state index contributed by atoms with van der Waals surface area (Å²) in [6, 6.07) is 13.8. The maximum Gasteiger partial charge on any atom is 0.244 e. The van der Waals surface area contributed by atoms with Crippen LogP contribution in [0.1, 0.15) is 23.7 Å². The van der Waals surface area contributed by atoms with Crippen LogP contribution in [0.3, 0.4) is 0 Å². The zero-order valence-electron chi connectivity index (χ0n) is 15.0. The first kappa shape index (κ1) is 17.4. The van der Waals surface area contributed by atoms with Crippen LogP contribution in [-0.4, -0.2) is 49.0 Å². The first-order chi connectivity index (χ1) is 12.2. The number of nitrogens with one attached hydrogen (secondary N) is 1. The minimum atomic E-state index is -0.282. The molecular weight excluding hydrogens is 312 g/mol. The molecule has 0 saturated carbocycles. The minimum absolute atomic E-state index is 0.154. The molecule has 3 rings (SSSR count). The van der Waals surface area contributed by atoms with Crippen molar-refractivity contribution in [2.75, 3.05) is 38.1 Å². The summed E-state index contributed by atoms with van der Waals surface area (Å²) < 4.78 is 0. The highest BCUT2D eigenvalue weighted by atomic mass is 16.2. The second-order valence-electron chi connectivity index (χ2n) is 6.45. The zero-order chi connectivity index (χ0) is 17.6. The molecule has 1 amide bonds. The van der Waals surface area contributed by atoms with Crippen molar-refractivity contribution < 1.29 is 4.79 Å². The summed E-state index contributed by atoms with van der Waals surface area (Å²) in [4.78, 5) is 21.6. The van der Waals surface area contributed by atoms with Crippen LogP contribution in [0.2, 0.25) is 0 Å². The van der Waals surface area contributed by atoms with Gasteiger partial charge in [-0.25, -0.2) is 0 Å². The highest BCUT2D eigenvalue weighted by Crippen LogP contribution is 2.20. The average molecular weight is 338 g/mol. The second-order valence-corrected chi connectivity index (χ2v) is 6.45. The van der Waals surface area contributed by atoms with Crippen molar-refractivity contribution in [2.24, 2.45) is 0 Å². The van der Waals surface area contributed by atoms with Gasteiger partial charge in [-0.2, -0.15) is 0 Å². The number of rotatable bonds is 4. The van der Waals surface area contributed by atoms with Gasteiger partial charge < -0.3 is 15.1 Å². The van der Waals surface area contributed by atoms with Crippen LogP contribution in [0.25, 0.3) is 0 Å². The quantitative estimate of drug-likeness (QED) is 0.930. The van der Waals surface area contributed by atoms with Crippen LogP contribution in [0, 0.1) is 6.92 Å². The van der Waals surface area contributed by atoms with Gasteiger partial charge in [0, 0.05) is 43.8 Å². The number of carbonyl (C=O) groups excluding carboxylic acids is 1. The van der Waals surface area contributed by atoms with Crippen molar-refractivity contribution in [1.29, 1.82) is 0 Å². The zero-order valence-corrected chi connectivity index (χ0v) is 15.0. The minimum Gasteiger partial charge on any atom is -0.370 e. The fraction of sp³-hybridized carbons (Fsp3) is 0.400. The molecular formula is C20H26N4O. The van der Waals surface area contributed by atoms with Gasteiger partial charge in [0.15, 0.2) is 0 Å². The van der Waals surface area contributed by atoms with Gasteiger partial charge in [-0.05, 0) is 38.1 Å². The number of hydrogen-bond acceptors (Lipinski definition) is 4. The molecule has 2 aromatic rings. The number of pyridine rings is 1. The number of likely N-dealkylation sites (N-methyl/N-ethyl adjacent to an activating group) is 1. The van der Waals surface area contributed by atoms with Crippen LogP contribution in [-0.2, 0) is 4.79 Å². The molecule has 1 atom stereocenters. The van der Waals surface area contributed by atoms with E-state index >= 15 is 0 Å². The van der Waals surface area contributed by atoms with E-state index in [-0.39, 0.29) is 11.9 Å². The van der Waals surface area contributed by atoms with E-state index in [1.165, 1.54) is 5.69 Å². The van der Waals surface area contributed by atoms with Gasteiger partial charge in [0.25, 0.3) is 0 Å². The SMILES string of the molecule is CN[C@H](C(=O)N1CCCN(c2ccnc(C)c2)CC1)c1ccccc1. The smallest absolute Gasteiger partial charge is 0.244 e. The summed E-state index contributed by atoms with van der Waals surface area (Å²) in [7, 11) is 1.85. The number of nitrogens with zero attached hydrogens (tertiary/aromatic N) is 3. The Labute approximate surface area is 149 Å². The first-order valence-corrected chi connectivity index (χ1v) is 8.87. The first-order valence-electron chi connectivity index (χ1n) is 8.87. The number of aryl methyl sites for hydroxylation is 1. The summed E-state index contributed by atoms with van der Waals surface area (Å²) in [6.45, 7) is 5.35. The molecule has 1 aliphatic rings. The van der Waals surface area contributed by atoms with E-state index < -0.39 is 0 Å². The molecule has 1 saturated heterocycles. The molecule has 2 heterocycles. The highest BCUT2D eigenvalue weighted by Gasteiger charge is 2.26. The Morgan fingerprint density at radius 2 is 1.92 bits per heavy atom. The van der Waals surface area contributed by atoms with Crippen LogP contribution < -0.4 is 10.2 Å². The summed E-state index contributed by atoms with van der Waals surface area (Å²) in [5.74, 6) is 0.154. The summed E-state index contributed by atoms with van der Waals surface area (Å²) in [5.41, 5.74) is 3.23. The molecule has 5 heteroatoms. The van der Waals surface area contributed by atoms with Gasteiger partial charge in [-0.3, -0.25) is 9.78 Å². The maximum atomic E-state index is 13.0. The Morgan fingerprint density at radius 3 is 2.64 bits per heavy atom. The van der Waals surface area contributed by atoms with Crippen LogP contribution in [0.4, 0.5) is 5.69 Å². The van der Waals surface area contributed by atoms with Crippen molar-refractivity contribution in [1.82, 2.24) is 15.2 Å². The number of hydrogen-bond donors (Lipinski definition) is 1. The van der Waals surface area contributed by atoms with Crippen molar-refractivity contribution in [3.8, 4) is 0 Å². The Balaban J connectivity index is 1.69. The van der Waals surface area contributed by atoms with Gasteiger partial charge in [-0.15, -0.1) is 0 Å². The van der Waals surface area contributed by atoms with Crippen LogP contribution in [0.15, 0.2) is 48.7 Å². The fourth-order valence-electron chi connectivity index (χ4n) is 3.38. The van der Waals surface area contributed by atoms with E-state index in [1.807, 2.05) is 61.5 Å². The average Bonchev–Trinajstić information content (AvgIpc) is 2.89. The van der Waals surface area contributed by atoms with Crippen molar-refractivity contribution in [2.45, 2.75) is 19.4 Å². The van der Waals surface area contributed by atoms with Crippen LogP contribution in [0.5, 0.6) is 0 Å². The van der Waals surface area contributed by atoms with E-state index in [4.69, 9.17) is 0 Å². The number of aromatic nitrogens is 1. The Morgan fingerprint density at radius 1 is 1.12 bits per heavy atom. The lowest BCUT2D eigenvalue weighted by Gasteiger charge is -2.27. The van der Waals surface area contributed by atoms with Gasteiger partial charge in [-0.1, -0.05) is 30.3 Å². The summed E-state index contributed by atoms with van der Waals surface area (Å²) in [5, 5.41) is 3.17. The summed E-state index contributed by atoms with van der Waals surface area (Å²) >= 11 is 0. The molecule has 0 bridgehead atoms. The number of carbonyl (C=O) groups is 1. The van der Waals surface area contributed by atoms with Gasteiger partial charge in [0.05, 0.1) is 0 Å². The predicted octanol–water partition coefficient (Wildman–Crippen LogP) is 2.39.